The third-order valence-electron chi connectivity index (χ3n) is 3.47. The van der Waals surface area contributed by atoms with Crippen LogP contribution in [0.4, 0.5) is 5.69 Å². The number of hydrogen-bond donors (Lipinski definition) is 2. The van der Waals surface area contributed by atoms with Crippen molar-refractivity contribution >= 4 is 27.5 Å². The second-order valence-electron chi connectivity index (χ2n) is 5.70. The van der Waals surface area contributed by atoms with Crippen molar-refractivity contribution in [3.8, 4) is 0 Å². The molecule has 0 radical (unpaired) electrons. The lowest BCUT2D eigenvalue weighted by Gasteiger charge is -2.12. The largest absolute Gasteiger partial charge is 0.463 e. The molecule has 26 heavy (non-hydrogen) atoms. The molecule has 0 aliphatic carbocycles. The van der Waals surface area contributed by atoms with Crippen molar-refractivity contribution in [3.05, 3.63) is 53.0 Å². The molecule has 1 aromatic carbocycles. The van der Waals surface area contributed by atoms with Crippen LogP contribution in [0.3, 0.4) is 0 Å². The summed E-state index contributed by atoms with van der Waals surface area (Å²) in [6.07, 6.45) is -0.0312. The molecule has 0 saturated heterocycles. The zero-order valence-corrected chi connectivity index (χ0v) is 15.3. The second-order valence-corrected chi connectivity index (χ2v) is 7.45. The number of sulfonamides is 1. The van der Waals surface area contributed by atoms with E-state index in [1.165, 1.54) is 37.3 Å². The number of aliphatic hydroxyl groups is 1. The monoisotopic (exact) mass is 381 g/mol. The number of ether oxygens (including phenoxy) is 1. The van der Waals surface area contributed by atoms with Gasteiger partial charge in [0.2, 0.25) is 15.8 Å². The molecule has 0 aliphatic rings. The fraction of sp³-hybridized carbons (Fsp3) is 0.294. The van der Waals surface area contributed by atoms with Crippen LogP contribution in [0.15, 0.2) is 34.7 Å². The number of carbonyl (C=O) groups is 2. The summed E-state index contributed by atoms with van der Waals surface area (Å²) in [5.74, 6) is -0.660. The Bertz CT molecular complexity index is 913. The number of aryl methyl sites for hydroxylation is 1. The minimum Gasteiger partial charge on any atom is -0.463 e. The molecule has 8 nitrogen and oxygen atoms in total. The highest BCUT2D eigenvalue weighted by atomic mass is 32.2. The molecule has 9 heteroatoms. The van der Waals surface area contributed by atoms with Crippen LogP contribution in [0, 0.1) is 6.92 Å². The van der Waals surface area contributed by atoms with E-state index < -0.39 is 27.9 Å². The first-order chi connectivity index (χ1) is 12.1. The molecule has 0 saturated carbocycles. The lowest BCUT2D eigenvalue weighted by Crippen LogP contribution is -2.24. The molecule has 0 amide bonds. The van der Waals surface area contributed by atoms with Crippen molar-refractivity contribution in [2.45, 2.75) is 26.6 Å². The third-order valence-corrected chi connectivity index (χ3v) is 4.08. The summed E-state index contributed by atoms with van der Waals surface area (Å²) >= 11 is 0. The minimum atomic E-state index is -3.41. The average molecular weight is 381 g/mol. The number of aliphatic hydroxyl groups excluding tert-OH is 1. The first-order valence-corrected chi connectivity index (χ1v) is 9.53. The number of esters is 1. The fourth-order valence-corrected chi connectivity index (χ4v) is 2.82. The number of anilines is 1. The van der Waals surface area contributed by atoms with Gasteiger partial charge in [0.1, 0.15) is 23.7 Å². The Morgan fingerprint density at radius 3 is 2.38 bits per heavy atom. The Balaban J connectivity index is 2.06. The van der Waals surface area contributed by atoms with Crippen LogP contribution in [0.5, 0.6) is 0 Å². The summed E-state index contributed by atoms with van der Waals surface area (Å²) in [6, 6.07) is 7.12. The van der Waals surface area contributed by atoms with E-state index in [1.54, 1.807) is 6.92 Å². The highest BCUT2D eigenvalue weighted by molar-refractivity contribution is 7.92. The van der Waals surface area contributed by atoms with Crippen molar-refractivity contribution in [3.63, 3.8) is 0 Å². The van der Waals surface area contributed by atoms with E-state index in [4.69, 9.17) is 14.3 Å². The predicted molar refractivity (Wildman–Crippen MR) is 93.5 cm³/mol. The van der Waals surface area contributed by atoms with E-state index in [2.05, 4.69) is 4.72 Å². The van der Waals surface area contributed by atoms with Crippen LogP contribution in [-0.4, -0.2) is 37.6 Å². The van der Waals surface area contributed by atoms with E-state index in [-0.39, 0.29) is 29.3 Å². The van der Waals surface area contributed by atoms with Crippen molar-refractivity contribution < 1.29 is 32.3 Å². The SMILES string of the molecule is Cc1oc(CO)cc1C(=O)O[C@H](C)C(=O)c1ccc(NS(C)(=O)=O)cc1. The van der Waals surface area contributed by atoms with Crippen LogP contribution in [0.2, 0.25) is 0 Å². The molecule has 2 N–H and O–H groups in total. The van der Waals surface area contributed by atoms with Gasteiger partial charge < -0.3 is 14.3 Å². The third kappa shape index (κ3) is 4.93. The molecular weight excluding hydrogens is 362 g/mol. The smallest absolute Gasteiger partial charge is 0.342 e. The number of benzene rings is 1. The van der Waals surface area contributed by atoms with Crippen molar-refractivity contribution in [2.75, 3.05) is 11.0 Å². The minimum absolute atomic E-state index is 0.140. The van der Waals surface area contributed by atoms with E-state index >= 15 is 0 Å². The van der Waals surface area contributed by atoms with Crippen LogP contribution in [-0.2, 0) is 21.4 Å². The van der Waals surface area contributed by atoms with Crippen molar-refractivity contribution in [1.29, 1.82) is 0 Å². The van der Waals surface area contributed by atoms with Gasteiger partial charge in [0.15, 0.2) is 6.10 Å². The lowest BCUT2D eigenvalue weighted by molar-refractivity contribution is 0.0317. The van der Waals surface area contributed by atoms with Gasteiger partial charge >= 0.3 is 5.97 Å². The molecule has 2 rings (SSSR count). The van der Waals surface area contributed by atoms with Crippen LogP contribution < -0.4 is 4.72 Å². The fourth-order valence-electron chi connectivity index (χ4n) is 2.25. The van der Waals surface area contributed by atoms with Gasteiger partial charge in [-0.05, 0) is 44.2 Å². The lowest BCUT2D eigenvalue weighted by atomic mass is 10.1. The van der Waals surface area contributed by atoms with Crippen molar-refractivity contribution in [2.24, 2.45) is 0 Å². The van der Waals surface area contributed by atoms with Gasteiger partial charge in [-0.15, -0.1) is 0 Å². The van der Waals surface area contributed by atoms with Gasteiger partial charge in [-0.2, -0.15) is 0 Å². The number of rotatable bonds is 7. The van der Waals surface area contributed by atoms with Crippen LogP contribution in [0.25, 0.3) is 0 Å². The summed E-state index contributed by atoms with van der Waals surface area (Å²) in [4.78, 5) is 24.5. The summed E-state index contributed by atoms with van der Waals surface area (Å²) < 4.78 is 35.0. The van der Waals surface area contributed by atoms with Gasteiger partial charge in [-0.25, -0.2) is 13.2 Å². The number of ketones is 1. The summed E-state index contributed by atoms with van der Waals surface area (Å²) in [7, 11) is -3.41. The van der Waals surface area contributed by atoms with Crippen LogP contribution in [0.1, 0.15) is 39.2 Å². The van der Waals surface area contributed by atoms with Gasteiger partial charge in [0.25, 0.3) is 0 Å². The van der Waals surface area contributed by atoms with Crippen molar-refractivity contribution in [1.82, 2.24) is 0 Å². The molecule has 0 spiro atoms. The van der Waals surface area contributed by atoms with Gasteiger partial charge in [-0.1, -0.05) is 0 Å². The summed E-state index contributed by atoms with van der Waals surface area (Å²) in [5, 5.41) is 9.03. The topological polar surface area (TPSA) is 123 Å². The van der Waals surface area contributed by atoms with Gasteiger partial charge in [0, 0.05) is 11.3 Å². The number of Topliss-reactive ketones (excluding diaryl/α,β-unsaturated/α-hetero) is 1. The highest BCUT2D eigenvalue weighted by Gasteiger charge is 2.23. The molecule has 2 aromatic rings. The normalized spacial score (nSPS) is 12.5. The quantitative estimate of drug-likeness (QED) is 0.554. The molecule has 0 bridgehead atoms. The zero-order chi connectivity index (χ0) is 19.5. The maximum Gasteiger partial charge on any atom is 0.342 e. The standard InChI is InChI=1S/C17H19NO7S/c1-10-15(8-14(9-19)24-10)17(21)25-11(2)16(20)12-4-6-13(7-5-12)18-26(3,22)23/h4-8,11,18-19H,9H2,1-3H3/t11-/m1/s1. The van der Waals surface area contributed by atoms with Gasteiger partial charge in [0.05, 0.1) is 6.26 Å². The molecule has 1 heterocycles. The maximum absolute atomic E-state index is 12.4. The van der Waals surface area contributed by atoms with Gasteiger partial charge in [-0.3, -0.25) is 9.52 Å². The Labute approximate surface area is 150 Å². The number of furan rings is 1. The summed E-state index contributed by atoms with van der Waals surface area (Å²) in [6.45, 7) is 2.64. The average Bonchev–Trinajstić information content (AvgIpc) is 2.94. The maximum atomic E-state index is 12.4. The molecule has 0 fully saturated rings. The molecule has 140 valence electrons. The van der Waals surface area contributed by atoms with E-state index in [0.717, 1.165) is 6.26 Å². The number of carbonyl (C=O) groups excluding carboxylic acids is 2. The first kappa shape index (κ1) is 19.7. The zero-order valence-electron chi connectivity index (χ0n) is 14.5. The first-order valence-electron chi connectivity index (χ1n) is 7.64. The number of hydrogen-bond acceptors (Lipinski definition) is 7. The second kappa shape index (κ2) is 7.71. The Kier molecular flexibility index (Phi) is 5.83. The molecule has 0 aliphatic heterocycles. The van der Waals surface area contributed by atoms with E-state index in [0.29, 0.717) is 5.69 Å². The Morgan fingerprint density at radius 1 is 1.27 bits per heavy atom. The Morgan fingerprint density at radius 2 is 1.88 bits per heavy atom. The molecule has 1 aromatic heterocycles. The number of nitrogens with one attached hydrogen (secondary N) is 1. The molecule has 1 atom stereocenters. The highest BCUT2D eigenvalue weighted by Crippen LogP contribution is 2.18. The molecular formula is C17H19NO7S. The Hall–Kier alpha value is -2.65. The van der Waals surface area contributed by atoms with E-state index in [9.17, 15) is 18.0 Å². The van der Waals surface area contributed by atoms with Crippen LogP contribution >= 0.6 is 0 Å². The summed E-state index contributed by atoms with van der Waals surface area (Å²) in [5.41, 5.74) is 0.727. The van der Waals surface area contributed by atoms with E-state index in [1.807, 2.05) is 0 Å². The predicted octanol–water partition coefficient (Wildman–Crippen LogP) is 1.88. The molecule has 0 unspecified atom stereocenters.